The Labute approximate surface area is 104 Å². The summed E-state index contributed by atoms with van der Waals surface area (Å²) in [4.78, 5) is 25.5. The van der Waals surface area contributed by atoms with Crippen LogP contribution in [-0.4, -0.2) is 50.3 Å². The van der Waals surface area contributed by atoms with Crippen LogP contribution in [0.3, 0.4) is 0 Å². The molecule has 0 radical (unpaired) electrons. The van der Waals surface area contributed by atoms with Gasteiger partial charge in [0.15, 0.2) is 5.69 Å². The smallest absolute Gasteiger partial charge is 0.273 e. The Morgan fingerprint density at radius 1 is 1.50 bits per heavy atom. The zero-order valence-electron chi connectivity index (χ0n) is 10.2. The van der Waals surface area contributed by atoms with Crippen LogP contribution in [0.1, 0.15) is 29.8 Å². The number of aryl methyl sites for hydroxylation is 1. The second-order valence-electron chi connectivity index (χ2n) is 4.93. The zero-order valence-corrected chi connectivity index (χ0v) is 10.2. The first-order valence-electron chi connectivity index (χ1n) is 6.10. The normalized spacial score (nSPS) is 23.5. The predicted octanol–water partition coefficient (Wildman–Crippen LogP) is -0.692. The second-order valence-corrected chi connectivity index (χ2v) is 4.93. The van der Waals surface area contributed by atoms with Gasteiger partial charge in [-0.1, -0.05) is 5.21 Å². The van der Waals surface area contributed by atoms with Crippen molar-refractivity contribution >= 4 is 11.8 Å². The van der Waals surface area contributed by atoms with E-state index in [1.54, 1.807) is 13.2 Å². The molecule has 18 heavy (non-hydrogen) atoms. The van der Waals surface area contributed by atoms with Gasteiger partial charge in [-0.3, -0.25) is 14.3 Å². The van der Waals surface area contributed by atoms with Gasteiger partial charge in [0, 0.05) is 26.1 Å². The van der Waals surface area contributed by atoms with Crippen LogP contribution in [-0.2, 0) is 11.8 Å². The van der Waals surface area contributed by atoms with Crippen LogP contribution >= 0.6 is 0 Å². The lowest BCUT2D eigenvalue weighted by molar-refractivity contribution is -0.128. The van der Waals surface area contributed by atoms with Crippen molar-refractivity contribution in [2.45, 2.75) is 31.3 Å². The zero-order chi connectivity index (χ0) is 12.7. The molecule has 96 valence electrons. The third kappa shape index (κ3) is 2.07. The van der Waals surface area contributed by atoms with E-state index in [1.165, 1.54) is 4.68 Å². The van der Waals surface area contributed by atoms with Crippen LogP contribution in [0.25, 0.3) is 0 Å². The van der Waals surface area contributed by atoms with Crippen LogP contribution in [0.4, 0.5) is 0 Å². The van der Waals surface area contributed by atoms with E-state index in [1.807, 2.05) is 4.90 Å². The van der Waals surface area contributed by atoms with Gasteiger partial charge in [0.2, 0.25) is 5.91 Å². The van der Waals surface area contributed by atoms with E-state index in [2.05, 4.69) is 15.6 Å². The van der Waals surface area contributed by atoms with E-state index in [9.17, 15) is 9.59 Å². The lowest BCUT2D eigenvalue weighted by atomic mass is 10.2. The average molecular weight is 249 g/mol. The van der Waals surface area contributed by atoms with Crippen LogP contribution < -0.4 is 5.32 Å². The number of likely N-dealkylation sites (tertiary alicyclic amines) is 1. The van der Waals surface area contributed by atoms with Crippen molar-refractivity contribution in [1.82, 2.24) is 25.2 Å². The van der Waals surface area contributed by atoms with Crippen molar-refractivity contribution in [2.24, 2.45) is 7.05 Å². The molecule has 0 aromatic carbocycles. The van der Waals surface area contributed by atoms with E-state index in [-0.39, 0.29) is 23.6 Å². The number of aromatic nitrogens is 3. The molecule has 1 N–H and O–H groups in total. The molecule has 7 nitrogen and oxygen atoms in total. The number of amides is 2. The number of carbonyl (C=O) groups excluding carboxylic acids is 2. The summed E-state index contributed by atoms with van der Waals surface area (Å²) in [6.07, 6.45) is 4.14. The third-order valence-corrected chi connectivity index (χ3v) is 3.32. The molecule has 7 heteroatoms. The number of nitrogens with one attached hydrogen (secondary N) is 1. The topological polar surface area (TPSA) is 80.1 Å². The van der Waals surface area contributed by atoms with E-state index in [4.69, 9.17) is 0 Å². The van der Waals surface area contributed by atoms with E-state index >= 15 is 0 Å². The monoisotopic (exact) mass is 249 g/mol. The maximum Gasteiger partial charge on any atom is 0.273 e. The number of hydrogen-bond donors (Lipinski definition) is 1. The van der Waals surface area contributed by atoms with Crippen molar-refractivity contribution in [3.8, 4) is 0 Å². The molecule has 1 aromatic heterocycles. The van der Waals surface area contributed by atoms with Crippen LogP contribution in [0.2, 0.25) is 0 Å². The lowest BCUT2D eigenvalue weighted by Crippen LogP contribution is -2.37. The summed E-state index contributed by atoms with van der Waals surface area (Å²) in [6.45, 7) is 0.621. The van der Waals surface area contributed by atoms with Gasteiger partial charge in [0.1, 0.15) is 0 Å². The summed E-state index contributed by atoms with van der Waals surface area (Å²) in [6, 6.07) is 0.309. The number of nitrogens with zero attached hydrogens (tertiary/aromatic N) is 4. The van der Waals surface area contributed by atoms with E-state index < -0.39 is 0 Å². The molecule has 3 rings (SSSR count). The fourth-order valence-corrected chi connectivity index (χ4v) is 2.28. The van der Waals surface area contributed by atoms with E-state index in [0.29, 0.717) is 19.0 Å². The minimum Gasteiger partial charge on any atom is -0.346 e. The van der Waals surface area contributed by atoms with Gasteiger partial charge in [0.25, 0.3) is 5.91 Å². The second kappa shape index (κ2) is 4.08. The third-order valence-electron chi connectivity index (χ3n) is 3.32. The number of carbonyl (C=O) groups is 2. The molecule has 2 fully saturated rings. The van der Waals surface area contributed by atoms with Gasteiger partial charge < -0.3 is 10.2 Å². The molecular formula is C11H15N5O2. The Morgan fingerprint density at radius 3 is 2.89 bits per heavy atom. The summed E-state index contributed by atoms with van der Waals surface area (Å²) >= 11 is 0. The SMILES string of the molecule is Cn1cc(C(=O)NC2CC(=O)N(C3CC3)C2)nn1. The highest BCUT2D eigenvalue weighted by Crippen LogP contribution is 2.30. The Balaban J connectivity index is 1.60. The van der Waals surface area contributed by atoms with Gasteiger partial charge in [-0.05, 0) is 12.8 Å². The summed E-state index contributed by atoms with van der Waals surface area (Å²) in [5, 5.41) is 10.3. The largest absolute Gasteiger partial charge is 0.346 e. The van der Waals surface area contributed by atoms with Gasteiger partial charge in [0.05, 0.1) is 12.2 Å². The summed E-state index contributed by atoms with van der Waals surface area (Å²) in [7, 11) is 1.71. The Kier molecular flexibility index (Phi) is 2.53. The predicted molar refractivity (Wildman–Crippen MR) is 61.6 cm³/mol. The maximum absolute atomic E-state index is 11.9. The minimum absolute atomic E-state index is 0.104. The Hall–Kier alpha value is -1.92. The van der Waals surface area contributed by atoms with Gasteiger partial charge in [-0.15, -0.1) is 5.10 Å². The highest BCUT2D eigenvalue weighted by atomic mass is 16.2. The van der Waals surface area contributed by atoms with Crippen molar-refractivity contribution in [1.29, 1.82) is 0 Å². The number of rotatable bonds is 3. The van der Waals surface area contributed by atoms with Crippen LogP contribution in [0, 0.1) is 0 Å². The Morgan fingerprint density at radius 2 is 2.28 bits per heavy atom. The standard InChI is InChI=1S/C11H15N5O2/c1-15-6-9(13-14-15)11(18)12-7-4-10(17)16(5-7)8-2-3-8/h6-8H,2-5H2,1H3,(H,12,18). The first-order chi connectivity index (χ1) is 8.63. The molecule has 2 heterocycles. The van der Waals surface area contributed by atoms with Gasteiger partial charge in [-0.25, -0.2) is 0 Å². The van der Waals surface area contributed by atoms with Crippen molar-refractivity contribution in [3.63, 3.8) is 0 Å². The van der Waals surface area contributed by atoms with Crippen LogP contribution in [0.15, 0.2) is 6.20 Å². The molecule has 1 saturated heterocycles. The summed E-state index contributed by atoms with van der Waals surface area (Å²) < 4.78 is 1.48. The molecule has 2 amide bonds. The van der Waals surface area contributed by atoms with Crippen LogP contribution in [0.5, 0.6) is 0 Å². The first-order valence-corrected chi connectivity index (χ1v) is 6.10. The quantitative estimate of drug-likeness (QED) is 0.768. The molecule has 1 atom stereocenters. The summed E-state index contributed by atoms with van der Waals surface area (Å²) in [5.41, 5.74) is 0.287. The molecule has 1 aliphatic carbocycles. The molecular weight excluding hydrogens is 234 g/mol. The molecule has 0 bridgehead atoms. The van der Waals surface area contributed by atoms with E-state index in [0.717, 1.165) is 12.8 Å². The molecule has 1 aliphatic heterocycles. The molecule has 0 spiro atoms. The highest BCUT2D eigenvalue weighted by molar-refractivity contribution is 5.93. The molecule has 1 unspecified atom stereocenters. The molecule has 2 aliphatic rings. The highest BCUT2D eigenvalue weighted by Gasteiger charge is 2.39. The average Bonchev–Trinajstić information content (AvgIpc) is 2.97. The lowest BCUT2D eigenvalue weighted by Gasteiger charge is -2.15. The Bertz CT molecular complexity index is 493. The van der Waals surface area contributed by atoms with Crippen molar-refractivity contribution in [2.75, 3.05) is 6.54 Å². The maximum atomic E-state index is 11.9. The minimum atomic E-state index is -0.265. The number of hydrogen-bond acceptors (Lipinski definition) is 4. The van der Waals surface area contributed by atoms with Gasteiger partial charge in [-0.2, -0.15) is 0 Å². The fraction of sp³-hybridized carbons (Fsp3) is 0.636. The van der Waals surface area contributed by atoms with Crippen molar-refractivity contribution in [3.05, 3.63) is 11.9 Å². The summed E-state index contributed by atoms with van der Waals surface area (Å²) in [5.74, 6) is -0.125. The first kappa shape index (κ1) is 11.2. The fourth-order valence-electron chi connectivity index (χ4n) is 2.28. The molecule has 1 saturated carbocycles. The van der Waals surface area contributed by atoms with Crippen molar-refractivity contribution < 1.29 is 9.59 Å². The molecule has 1 aromatic rings. The van der Waals surface area contributed by atoms with Gasteiger partial charge >= 0.3 is 0 Å².